The van der Waals surface area contributed by atoms with E-state index in [1.165, 1.54) is 31.4 Å². The summed E-state index contributed by atoms with van der Waals surface area (Å²) in [5.41, 5.74) is 1.98. The maximum absolute atomic E-state index is 13.7. The van der Waals surface area contributed by atoms with Gasteiger partial charge in [0, 0.05) is 25.7 Å². The first-order valence-electron chi connectivity index (χ1n) is 12.3. The van der Waals surface area contributed by atoms with Crippen LogP contribution >= 0.6 is 0 Å². The Kier molecular flexibility index (Phi) is 7.69. The smallest absolute Gasteiger partial charge is 0.227 e. The fourth-order valence-corrected chi connectivity index (χ4v) is 5.54. The zero-order valence-electron chi connectivity index (χ0n) is 20.2. The Balaban J connectivity index is 1.52. The SMILES string of the molecule is CC(C)COc1ccc(CC(=O)N(Cc2ccc(F)cc2)C2C3CCCC2CN(C)C3)cc1. The highest BCUT2D eigenvalue weighted by molar-refractivity contribution is 5.79. The van der Waals surface area contributed by atoms with E-state index in [4.69, 9.17) is 4.74 Å². The Morgan fingerprint density at radius 3 is 2.24 bits per heavy atom. The molecule has 2 aromatic carbocycles. The number of halogens is 1. The number of rotatable bonds is 8. The fourth-order valence-electron chi connectivity index (χ4n) is 5.54. The number of carbonyl (C=O) groups is 1. The maximum atomic E-state index is 13.7. The van der Waals surface area contributed by atoms with Gasteiger partial charge in [0.05, 0.1) is 13.0 Å². The molecule has 4 rings (SSSR count). The van der Waals surface area contributed by atoms with Crippen LogP contribution in [0.4, 0.5) is 4.39 Å². The predicted octanol–water partition coefficient (Wildman–Crippen LogP) is 5.16. The molecule has 2 bridgehead atoms. The quantitative estimate of drug-likeness (QED) is 0.555. The van der Waals surface area contributed by atoms with Crippen molar-refractivity contribution in [1.82, 2.24) is 9.80 Å². The minimum Gasteiger partial charge on any atom is -0.493 e. The molecule has 1 aliphatic carbocycles. The number of fused-ring (bicyclic) bond motifs is 2. The van der Waals surface area contributed by atoms with Gasteiger partial charge in [-0.15, -0.1) is 0 Å². The Bertz CT molecular complexity index is 898. The molecule has 1 aliphatic heterocycles. The van der Waals surface area contributed by atoms with E-state index in [1.807, 2.05) is 24.3 Å². The van der Waals surface area contributed by atoms with Crippen molar-refractivity contribution in [1.29, 1.82) is 0 Å². The molecule has 5 heteroatoms. The van der Waals surface area contributed by atoms with E-state index in [0.29, 0.717) is 37.3 Å². The minimum atomic E-state index is -0.243. The summed E-state index contributed by atoms with van der Waals surface area (Å²) in [5, 5.41) is 0. The molecule has 2 unspecified atom stereocenters. The van der Waals surface area contributed by atoms with Crippen LogP contribution in [0.2, 0.25) is 0 Å². The first-order valence-corrected chi connectivity index (χ1v) is 12.3. The molecule has 2 aliphatic rings. The molecular weight excluding hydrogens is 415 g/mol. The van der Waals surface area contributed by atoms with E-state index in [2.05, 4.69) is 30.7 Å². The van der Waals surface area contributed by atoms with E-state index in [-0.39, 0.29) is 17.8 Å². The predicted molar refractivity (Wildman–Crippen MR) is 130 cm³/mol. The average molecular weight is 453 g/mol. The third-order valence-corrected chi connectivity index (χ3v) is 7.02. The minimum absolute atomic E-state index is 0.154. The largest absolute Gasteiger partial charge is 0.493 e. The molecule has 0 radical (unpaired) electrons. The van der Waals surface area contributed by atoms with Gasteiger partial charge in [-0.2, -0.15) is 0 Å². The molecular formula is C28H37FN2O2. The number of piperidine rings is 1. The van der Waals surface area contributed by atoms with Crippen molar-refractivity contribution >= 4 is 5.91 Å². The number of hydrogen-bond donors (Lipinski definition) is 0. The van der Waals surface area contributed by atoms with Crippen LogP contribution in [0, 0.1) is 23.6 Å². The van der Waals surface area contributed by atoms with Crippen molar-refractivity contribution in [2.75, 3.05) is 26.7 Å². The second-order valence-electron chi connectivity index (χ2n) is 10.3. The molecule has 2 fully saturated rings. The Morgan fingerprint density at radius 1 is 1.03 bits per heavy atom. The van der Waals surface area contributed by atoms with Crippen molar-refractivity contribution in [2.24, 2.45) is 17.8 Å². The molecule has 2 atom stereocenters. The monoisotopic (exact) mass is 452 g/mol. The van der Waals surface area contributed by atoms with Crippen LogP contribution in [0.1, 0.15) is 44.2 Å². The summed E-state index contributed by atoms with van der Waals surface area (Å²) in [7, 11) is 2.19. The molecule has 1 amide bonds. The Hall–Kier alpha value is -2.40. The number of hydrogen-bond acceptors (Lipinski definition) is 3. The summed E-state index contributed by atoms with van der Waals surface area (Å²) in [5.74, 6) is 2.22. The third kappa shape index (κ3) is 6.14. The van der Waals surface area contributed by atoms with E-state index in [0.717, 1.165) is 30.0 Å². The summed E-state index contributed by atoms with van der Waals surface area (Å²) in [6.07, 6.45) is 3.95. The van der Waals surface area contributed by atoms with Crippen molar-refractivity contribution in [3.8, 4) is 5.75 Å². The standard InChI is InChI=1S/C28H37FN2O2/c1-20(2)19-33-26-13-9-21(10-14-26)15-27(32)31(16-22-7-11-25(29)12-8-22)28-23-5-4-6-24(28)18-30(3)17-23/h7-14,20,23-24,28H,4-6,15-19H2,1-3H3. The molecule has 2 aromatic rings. The molecule has 33 heavy (non-hydrogen) atoms. The first kappa shape index (κ1) is 23.7. The Labute approximate surface area is 197 Å². The number of benzene rings is 2. The van der Waals surface area contributed by atoms with Gasteiger partial charge in [0.15, 0.2) is 0 Å². The second-order valence-corrected chi connectivity index (χ2v) is 10.3. The van der Waals surface area contributed by atoms with Crippen LogP contribution in [0.25, 0.3) is 0 Å². The van der Waals surface area contributed by atoms with Crippen molar-refractivity contribution in [3.05, 3.63) is 65.5 Å². The number of nitrogens with zero attached hydrogens (tertiary/aromatic N) is 2. The molecule has 1 heterocycles. The molecule has 1 saturated carbocycles. The average Bonchev–Trinajstić information content (AvgIpc) is 2.78. The van der Waals surface area contributed by atoms with Crippen LogP contribution in [0.15, 0.2) is 48.5 Å². The summed E-state index contributed by atoms with van der Waals surface area (Å²) >= 11 is 0. The lowest BCUT2D eigenvalue weighted by atomic mass is 9.72. The highest BCUT2D eigenvalue weighted by Crippen LogP contribution is 2.38. The maximum Gasteiger partial charge on any atom is 0.227 e. The molecule has 4 nitrogen and oxygen atoms in total. The lowest BCUT2D eigenvalue weighted by Gasteiger charge is -2.51. The van der Waals surface area contributed by atoms with Gasteiger partial charge in [-0.05, 0) is 73.0 Å². The summed E-state index contributed by atoms with van der Waals surface area (Å²) in [6, 6.07) is 14.8. The zero-order chi connectivity index (χ0) is 23.4. The fraction of sp³-hybridized carbons (Fsp3) is 0.536. The molecule has 178 valence electrons. The number of carbonyl (C=O) groups excluding carboxylic acids is 1. The lowest BCUT2D eigenvalue weighted by molar-refractivity contribution is -0.140. The van der Waals surface area contributed by atoms with Crippen LogP contribution in [0.3, 0.4) is 0 Å². The normalized spacial score (nSPS) is 22.9. The molecule has 0 N–H and O–H groups in total. The van der Waals surface area contributed by atoms with Crippen LogP contribution in [0.5, 0.6) is 5.75 Å². The highest BCUT2D eigenvalue weighted by atomic mass is 19.1. The second kappa shape index (κ2) is 10.7. The first-order chi connectivity index (χ1) is 15.9. The topological polar surface area (TPSA) is 32.8 Å². The van der Waals surface area contributed by atoms with Crippen LogP contribution in [-0.4, -0.2) is 48.5 Å². The van der Waals surface area contributed by atoms with Gasteiger partial charge in [-0.3, -0.25) is 4.79 Å². The van der Waals surface area contributed by atoms with E-state index >= 15 is 0 Å². The van der Waals surface area contributed by atoms with E-state index < -0.39 is 0 Å². The summed E-state index contributed by atoms with van der Waals surface area (Å²) in [4.78, 5) is 18.2. The number of amides is 1. The lowest BCUT2D eigenvalue weighted by Crippen LogP contribution is -2.58. The number of likely N-dealkylation sites (tertiary alicyclic amines) is 1. The molecule has 1 saturated heterocycles. The third-order valence-electron chi connectivity index (χ3n) is 7.02. The van der Waals surface area contributed by atoms with Gasteiger partial charge in [0.1, 0.15) is 11.6 Å². The van der Waals surface area contributed by atoms with Crippen molar-refractivity contribution in [2.45, 2.75) is 52.1 Å². The number of ether oxygens (including phenoxy) is 1. The van der Waals surface area contributed by atoms with Gasteiger partial charge >= 0.3 is 0 Å². The van der Waals surface area contributed by atoms with E-state index in [9.17, 15) is 9.18 Å². The van der Waals surface area contributed by atoms with Gasteiger partial charge in [0.2, 0.25) is 5.91 Å². The van der Waals surface area contributed by atoms with Crippen molar-refractivity contribution in [3.63, 3.8) is 0 Å². The van der Waals surface area contributed by atoms with Crippen LogP contribution in [-0.2, 0) is 17.8 Å². The highest BCUT2D eigenvalue weighted by Gasteiger charge is 2.43. The summed E-state index contributed by atoms with van der Waals surface area (Å²) in [6.45, 7) is 7.55. The van der Waals surface area contributed by atoms with Gasteiger partial charge in [-0.1, -0.05) is 44.5 Å². The van der Waals surface area contributed by atoms with Gasteiger partial charge in [-0.25, -0.2) is 4.39 Å². The van der Waals surface area contributed by atoms with Gasteiger partial charge in [0.25, 0.3) is 0 Å². The molecule has 0 aromatic heterocycles. The van der Waals surface area contributed by atoms with Crippen LogP contribution < -0.4 is 4.74 Å². The molecule has 0 spiro atoms. The summed E-state index contributed by atoms with van der Waals surface area (Å²) < 4.78 is 19.3. The van der Waals surface area contributed by atoms with Gasteiger partial charge < -0.3 is 14.5 Å². The Morgan fingerprint density at radius 2 is 1.64 bits per heavy atom. The van der Waals surface area contributed by atoms with Crippen molar-refractivity contribution < 1.29 is 13.9 Å². The van der Waals surface area contributed by atoms with E-state index in [1.54, 1.807) is 12.1 Å². The zero-order valence-corrected chi connectivity index (χ0v) is 20.2.